The summed E-state index contributed by atoms with van der Waals surface area (Å²) in [6.07, 6.45) is 2.37. The second-order valence-electron chi connectivity index (χ2n) is 4.07. The predicted molar refractivity (Wildman–Crippen MR) is 58.8 cm³/mol. The molecule has 0 bridgehead atoms. The first-order valence-electron chi connectivity index (χ1n) is 5.12. The Balaban J connectivity index is 2.04. The molecule has 1 aromatic heterocycles. The second kappa shape index (κ2) is 3.92. The Morgan fingerprint density at radius 2 is 2.20 bits per heavy atom. The van der Waals surface area contributed by atoms with Crippen molar-refractivity contribution >= 4 is 11.8 Å². The summed E-state index contributed by atoms with van der Waals surface area (Å²) in [4.78, 5) is 8.03. The minimum atomic E-state index is 0.240. The van der Waals surface area contributed by atoms with Crippen LogP contribution >= 0.6 is 0 Å². The molecule has 0 aromatic carbocycles. The highest BCUT2D eigenvalue weighted by Crippen LogP contribution is 2.29. The lowest BCUT2D eigenvalue weighted by Crippen LogP contribution is -2.34. The number of ether oxygens (including phenoxy) is 1. The number of nitrogens with zero attached hydrogens (tertiary/aromatic N) is 2. The maximum Gasteiger partial charge on any atom is 0.225 e. The number of nitrogens with two attached hydrogens (primary N) is 1. The average molecular weight is 208 g/mol. The largest absolute Gasteiger partial charge is 0.481 e. The lowest BCUT2D eigenvalue weighted by atomic mass is 9.82. The Morgan fingerprint density at radius 3 is 2.80 bits per heavy atom. The first kappa shape index (κ1) is 10.0. The normalized spacial score (nSPS) is 24.4. The standard InChI is InChI=1S/C10H16N4O/c1-6-3-7(4-6)12-8-5-9(15-2)14-10(11)13-8/h5-7H,3-4H2,1-2H3,(H3,11,12,13,14). The highest BCUT2D eigenvalue weighted by molar-refractivity contribution is 5.43. The zero-order valence-electron chi connectivity index (χ0n) is 9.03. The van der Waals surface area contributed by atoms with Crippen LogP contribution < -0.4 is 15.8 Å². The summed E-state index contributed by atoms with van der Waals surface area (Å²) in [5.41, 5.74) is 5.56. The minimum absolute atomic E-state index is 0.240. The van der Waals surface area contributed by atoms with Gasteiger partial charge in [0.25, 0.3) is 0 Å². The van der Waals surface area contributed by atoms with E-state index < -0.39 is 0 Å². The van der Waals surface area contributed by atoms with E-state index in [1.807, 2.05) is 0 Å². The van der Waals surface area contributed by atoms with Crippen LogP contribution in [0.2, 0.25) is 0 Å². The number of aromatic nitrogens is 2. The van der Waals surface area contributed by atoms with Crippen LogP contribution in [0.25, 0.3) is 0 Å². The summed E-state index contributed by atoms with van der Waals surface area (Å²) in [7, 11) is 1.57. The van der Waals surface area contributed by atoms with Crippen molar-refractivity contribution in [2.75, 3.05) is 18.2 Å². The second-order valence-corrected chi connectivity index (χ2v) is 4.07. The molecule has 1 aliphatic rings. The van der Waals surface area contributed by atoms with E-state index in [4.69, 9.17) is 10.5 Å². The summed E-state index contributed by atoms with van der Waals surface area (Å²) < 4.78 is 5.02. The maximum atomic E-state index is 5.56. The Hall–Kier alpha value is -1.52. The molecule has 1 aromatic rings. The van der Waals surface area contributed by atoms with Crippen LogP contribution in [0.4, 0.5) is 11.8 Å². The van der Waals surface area contributed by atoms with Gasteiger partial charge < -0.3 is 15.8 Å². The molecule has 82 valence electrons. The van der Waals surface area contributed by atoms with Gasteiger partial charge in [-0.3, -0.25) is 0 Å². The number of hydrogen-bond acceptors (Lipinski definition) is 5. The van der Waals surface area contributed by atoms with Crippen LogP contribution in [0.3, 0.4) is 0 Å². The van der Waals surface area contributed by atoms with Crippen LogP contribution in [0, 0.1) is 5.92 Å². The minimum Gasteiger partial charge on any atom is -0.481 e. The molecule has 0 unspecified atom stereocenters. The fourth-order valence-electron chi connectivity index (χ4n) is 1.85. The summed E-state index contributed by atoms with van der Waals surface area (Å²) in [6.45, 7) is 2.24. The van der Waals surface area contributed by atoms with Gasteiger partial charge in [0.1, 0.15) is 5.82 Å². The van der Waals surface area contributed by atoms with E-state index in [1.54, 1.807) is 13.2 Å². The van der Waals surface area contributed by atoms with Crippen LogP contribution in [0.5, 0.6) is 5.88 Å². The topological polar surface area (TPSA) is 73.1 Å². The SMILES string of the molecule is COc1cc(NC2CC(C)C2)nc(N)n1. The number of nitrogen functional groups attached to an aromatic ring is 1. The molecular formula is C10H16N4O. The van der Waals surface area contributed by atoms with Crippen LogP contribution in [-0.2, 0) is 0 Å². The Labute approximate surface area is 89.1 Å². The van der Waals surface area contributed by atoms with Crippen molar-refractivity contribution in [2.24, 2.45) is 5.92 Å². The molecule has 1 saturated carbocycles. The zero-order chi connectivity index (χ0) is 10.8. The molecule has 0 aliphatic heterocycles. The van der Waals surface area contributed by atoms with Crippen molar-refractivity contribution in [3.63, 3.8) is 0 Å². The Bertz CT molecular complexity index is 349. The van der Waals surface area contributed by atoms with E-state index in [0.717, 1.165) is 11.7 Å². The molecule has 0 spiro atoms. The Morgan fingerprint density at radius 1 is 1.47 bits per heavy atom. The van der Waals surface area contributed by atoms with E-state index in [1.165, 1.54) is 12.8 Å². The number of anilines is 2. The first-order valence-corrected chi connectivity index (χ1v) is 5.12. The molecular weight excluding hydrogens is 192 g/mol. The molecule has 3 N–H and O–H groups in total. The molecule has 1 aliphatic carbocycles. The van der Waals surface area contributed by atoms with E-state index in [2.05, 4.69) is 22.2 Å². The monoisotopic (exact) mass is 208 g/mol. The van der Waals surface area contributed by atoms with Crippen LogP contribution in [-0.4, -0.2) is 23.1 Å². The molecule has 2 rings (SSSR count). The molecule has 1 fully saturated rings. The molecule has 15 heavy (non-hydrogen) atoms. The van der Waals surface area contributed by atoms with Crippen molar-refractivity contribution < 1.29 is 4.74 Å². The fourth-order valence-corrected chi connectivity index (χ4v) is 1.85. The number of rotatable bonds is 3. The molecule has 1 heterocycles. The number of methoxy groups -OCH3 is 1. The molecule has 0 amide bonds. The lowest BCUT2D eigenvalue weighted by Gasteiger charge is -2.33. The lowest BCUT2D eigenvalue weighted by molar-refractivity contribution is 0.308. The van der Waals surface area contributed by atoms with Gasteiger partial charge in [-0.25, -0.2) is 0 Å². The summed E-state index contributed by atoms with van der Waals surface area (Å²) in [6, 6.07) is 2.28. The highest BCUT2D eigenvalue weighted by Gasteiger charge is 2.25. The first-order chi connectivity index (χ1) is 7.17. The zero-order valence-corrected chi connectivity index (χ0v) is 9.03. The smallest absolute Gasteiger partial charge is 0.225 e. The van der Waals surface area contributed by atoms with Crippen LogP contribution in [0.1, 0.15) is 19.8 Å². The van der Waals surface area contributed by atoms with Crippen molar-refractivity contribution in [3.05, 3.63) is 6.07 Å². The van der Waals surface area contributed by atoms with Gasteiger partial charge in [-0.1, -0.05) is 6.92 Å². The van der Waals surface area contributed by atoms with Gasteiger partial charge in [0.15, 0.2) is 0 Å². The van der Waals surface area contributed by atoms with Crippen molar-refractivity contribution in [3.8, 4) is 5.88 Å². The maximum absolute atomic E-state index is 5.56. The molecule has 5 heteroatoms. The van der Waals surface area contributed by atoms with Gasteiger partial charge in [-0.2, -0.15) is 9.97 Å². The quantitative estimate of drug-likeness (QED) is 0.782. The van der Waals surface area contributed by atoms with Crippen molar-refractivity contribution in [1.29, 1.82) is 0 Å². The third-order valence-corrected chi connectivity index (χ3v) is 2.65. The molecule has 0 radical (unpaired) electrons. The third-order valence-electron chi connectivity index (χ3n) is 2.65. The average Bonchev–Trinajstić information content (AvgIpc) is 2.14. The summed E-state index contributed by atoms with van der Waals surface area (Å²) in [5.74, 6) is 2.29. The van der Waals surface area contributed by atoms with E-state index in [0.29, 0.717) is 11.9 Å². The molecule has 0 atom stereocenters. The van der Waals surface area contributed by atoms with E-state index >= 15 is 0 Å². The van der Waals surface area contributed by atoms with Gasteiger partial charge in [-0.15, -0.1) is 0 Å². The van der Waals surface area contributed by atoms with Gasteiger partial charge >= 0.3 is 0 Å². The van der Waals surface area contributed by atoms with Gasteiger partial charge in [0.2, 0.25) is 11.8 Å². The third kappa shape index (κ3) is 2.29. The highest BCUT2D eigenvalue weighted by atomic mass is 16.5. The summed E-state index contributed by atoms with van der Waals surface area (Å²) in [5, 5.41) is 3.31. The fraction of sp³-hybridized carbons (Fsp3) is 0.600. The molecule has 5 nitrogen and oxygen atoms in total. The summed E-state index contributed by atoms with van der Waals surface area (Å²) >= 11 is 0. The van der Waals surface area contributed by atoms with E-state index in [9.17, 15) is 0 Å². The van der Waals surface area contributed by atoms with Gasteiger partial charge in [-0.05, 0) is 18.8 Å². The predicted octanol–water partition coefficient (Wildman–Crippen LogP) is 1.28. The van der Waals surface area contributed by atoms with Gasteiger partial charge in [0.05, 0.1) is 7.11 Å². The van der Waals surface area contributed by atoms with Crippen molar-refractivity contribution in [2.45, 2.75) is 25.8 Å². The number of nitrogens with one attached hydrogen (secondary N) is 1. The van der Waals surface area contributed by atoms with Crippen molar-refractivity contribution in [1.82, 2.24) is 9.97 Å². The van der Waals surface area contributed by atoms with Crippen LogP contribution in [0.15, 0.2) is 6.07 Å². The number of hydrogen-bond donors (Lipinski definition) is 2. The van der Waals surface area contributed by atoms with E-state index in [-0.39, 0.29) is 5.95 Å². The molecule has 0 saturated heterocycles. The Kier molecular flexibility index (Phi) is 2.62. The van der Waals surface area contributed by atoms with Gasteiger partial charge in [0, 0.05) is 12.1 Å².